The number of rotatable bonds is 5. The second kappa shape index (κ2) is 6.15. The third-order valence-electron chi connectivity index (χ3n) is 3.41. The minimum Gasteiger partial charge on any atom is -0.383 e. The van der Waals surface area contributed by atoms with Crippen LogP contribution >= 0.6 is 15.9 Å². The summed E-state index contributed by atoms with van der Waals surface area (Å²) in [6, 6.07) is 0. The molecule has 1 heterocycles. The van der Waals surface area contributed by atoms with E-state index in [4.69, 9.17) is 0 Å². The molecule has 0 bridgehead atoms. The zero-order chi connectivity index (χ0) is 14.8. The summed E-state index contributed by atoms with van der Waals surface area (Å²) in [6.07, 6.45) is 1.51. The molecule has 1 aliphatic carbocycles. The van der Waals surface area contributed by atoms with Gasteiger partial charge in [0.25, 0.3) is 5.56 Å². The van der Waals surface area contributed by atoms with Crippen molar-refractivity contribution in [2.75, 3.05) is 11.9 Å². The molecular formula is C12H15BrF3N3O. The van der Waals surface area contributed by atoms with Crippen LogP contribution in [0.3, 0.4) is 0 Å². The highest BCUT2D eigenvalue weighted by Crippen LogP contribution is 2.29. The van der Waals surface area contributed by atoms with Crippen LogP contribution in [0.2, 0.25) is 0 Å². The Balaban J connectivity index is 2.00. The normalized spacial score (nSPS) is 16.0. The van der Waals surface area contributed by atoms with Gasteiger partial charge in [0.05, 0.1) is 11.9 Å². The third kappa shape index (κ3) is 3.97. The summed E-state index contributed by atoms with van der Waals surface area (Å²) in [5.74, 6) is 0.722. The van der Waals surface area contributed by atoms with Crippen molar-refractivity contribution in [1.82, 2.24) is 9.78 Å². The van der Waals surface area contributed by atoms with E-state index in [0.29, 0.717) is 16.9 Å². The number of aromatic nitrogens is 2. The average molecular weight is 354 g/mol. The van der Waals surface area contributed by atoms with E-state index in [1.807, 2.05) is 0 Å². The quantitative estimate of drug-likeness (QED) is 0.884. The maximum absolute atomic E-state index is 12.3. The molecule has 0 spiro atoms. The summed E-state index contributed by atoms with van der Waals surface area (Å²) >= 11 is 3.03. The Morgan fingerprint density at radius 3 is 2.70 bits per heavy atom. The number of nitrogens with one attached hydrogen (secondary N) is 1. The first kappa shape index (κ1) is 15.3. The van der Waals surface area contributed by atoms with Crippen LogP contribution in [0.15, 0.2) is 15.5 Å². The molecule has 0 amide bonds. The van der Waals surface area contributed by atoms with Crippen LogP contribution in [0.1, 0.15) is 25.7 Å². The standard InChI is InChI=1S/C12H15BrF3N3O/c13-10-9(17-5-4-8-2-1-3-8)6-18-19(11(10)20)7-12(14,15)16/h6,8,17H,1-5,7H2. The predicted molar refractivity (Wildman–Crippen MR) is 72.7 cm³/mol. The molecule has 8 heteroatoms. The van der Waals surface area contributed by atoms with Crippen LogP contribution in [0, 0.1) is 5.92 Å². The fourth-order valence-electron chi connectivity index (χ4n) is 2.06. The molecule has 1 fully saturated rings. The lowest BCUT2D eigenvalue weighted by molar-refractivity contribution is -0.143. The first-order valence-electron chi connectivity index (χ1n) is 6.43. The van der Waals surface area contributed by atoms with Crippen LogP contribution in [0.5, 0.6) is 0 Å². The van der Waals surface area contributed by atoms with Crippen LogP contribution in [0.25, 0.3) is 0 Å². The van der Waals surface area contributed by atoms with Gasteiger partial charge in [-0.25, -0.2) is 4.68 Å². The fourth-order valence-corrected chi connectivity index (χ4v) is 2.51. The molecule has 1 aliphatic rings. The lowest BCUT2D eigenvalue weighted by Crippen LogP contribution is -2.31. The highest BCUT2D eigenvalue weighted by Gasteiger charge is 2.29. The molecule has 20 heavy (non-hydrogen) atoms. The second-order valence-electron chi connectivity index (χ2n) is 4.96. The molecule has 0 aromatic carbocycles. The summed E-state index contributed by atoms with van der Waals surface area (Å²) in [7, 11) is 0. The Labute approximate surface area is 122 Å². The van der Waals surface area contributed by atoms with Gasteiger partial charge in [-0.15, -0.1) is 0 Å². The molecule has 1 aromatic rings. The van der Waals surface area contributed by atoms with E-state index in [2.05, 4.69) is 26.3 Å². The lowest BCUT2D eigenvalue weighted by atomic mass is 9.83. The summed E-state index contributed by atoms with van der Waals surface area (Å²) in [5, 5.41) is 6.59. The summed E-state index contributed by atoms with van der Waals surface area (Å²) < 4.78 is 37.3. The molecule has 1 N–H and O–H groups in total. The maximum atomic E-state index is 12.3. The first-order valence-corrected chi connectivity index (χ1v) is 7.22. The second-order valence-corrected chi connectivity index (χ2v) is 5.76. The van der Waals surface area contributed by atoms with Crippen molar-refractivity contribution in [1.29, 1.82) is 0 Å². The third-order valence-corrected chi connectivity index (χ3v) is 4.17. The molecule has 1 aromatic heterocycles. The number of hydrogen-bond donors (Lipinski definition) is 1. The monoisotopic (exact) mass is 353 g/mol. The van der Waals surface area contributed by atoms with Gasteiger partial charge in [0, 0.05) is 6.54 Å². The highest BCUT2D eigenvalue weighted by molar-refractivity contribution is 9.10. The fraction of sp³-hybridized carbons (Fsp3) is 0.667. The van der Waals surface area contributed by atoms with Crippen molar-refractivity contribution in [3.05, 3.63) is 21.0 Å². The number of anilines is 1. The van der Waals surface area contributed by atoms with E-state index >= 15 is 0 Å². The van der Waals surface area contributed by atoms with Gasteiger partial charge in [0.1, 0.15) is 11.0 Å². The summed E-state index contributed by atoms with van der Waals surface area (Å²) in [4.78, 5) is 11.7. The van der Waals surface area contributed by atoms with Crippen molar-refractivity contribution in [3.63, 3.8) is 0 Å². The number of hydrogen-bond acceptors (Lipinski definition) is 3. The number of halogens is 4. The largest absolute Gasteiger partial charge is 0.408 e. The first-order chi connectivity index (χ1) is 9.37. The Hall–Kier alpha value is -1.05. The Kier molecular flexibility index (Phi) is 4.72. The molecule has 4 nitrogen and oxygen atoms in total. The predicted octanol–water partition coefficient (Wildman–Crippen LogP) is 3.17. The van der Waals surface area contributed by atoms with Gasteiger partial charge in [-0.2, -0.15) is 18.3 Å². The van der Waals surface area contributed by atoms with Gasteiger partial charge < -0.3 is 5.32 Å². The number of nitrogens with zero attached hydrogens (tertiary/aromatic N) is 2. The van der Waals surface area contributed by atoms with Crippen LogP contribution < -0.4 is 10.9 Å². The smallest absolute Gasteiger partial charge is 0.383 e. The SMILES string of the molecule is O=c1c(Br)c(NCCC2CCC2)cnn1CC(F)(F)F. The zero-order valence-corrected chi connectivity index (χ0v) is 12.3. The summed E-state index contributed by atoms with van der Waals surface area (Å²) in [6.45, 7) is -0.694. The van der Waals surface area contributed by atoms with Crippen molar-refractivity contribution >= 4 is 21.6 Å². The van der Waals surface area contributed by atoms with Crippen molar-refractivity contribution in [2.24, 2.45) is 5.92 Å². The Morgan fingerprint density at radius 1 is 1.45 bits per heavy atom. The van der Waals surface area contributed by atoms with Gasteiger partial charge in [-0.3, -0.25) is 4.79 Å². The van der Waals surface area contributed by atoms with Gasteiger partial charge in [-0.1, -0.05) is 19.3 Å². The Bertz CT molecular complexity index is 526. The molecule has 1 saturated carbocycles. The molecule has 0 saturated heterocycles. The number of alkyl halides is 3. The molecular weight excluding hydrogens is 339 g/mol. The molecule has 0 aliphatic heterocycles. The van der Waals surface area contributed by atoms with Gasteiger partial charge in [0.15, 0.2) is 0 Å². The highest BCUT2D eigenvalue weighted by atomic mass is 79.9. The molecule has 2 rings (SSSR count). The minimum absolute atomic E-state index is 0.0883. The van der Waals surface area contributed by atoms with E-state index in [0.717, 1.165) is 12.3 Å². The van der Waals surface area contributed by atoms with Crippen LogP contribution in [0.4, 0.5) is 18.9 Å². The average Bonchev–Trinajstić information content (AvgIpc) is 2.29. The topological polar surface area (TPSA) is 46.9 Å². The van der Waals surface area contributed by atoms with E-state index in [9.17, 15) is 18.0 Å². The van der Waals surface area contributed by atoms with Gasteiger partial charge in [0.2, 0.25) is 0 Å². The minimum atomic E-state index is -4.46. The van der Waals surface area contributed by atoms with Crippen molar-refractivity contribution < 1.29 is 13.2 Å². The van der Waals surface area contributed by atoms with Crippen LogP contribution in [-0.4, -0.2) is 22.5 Å². The maximum Gasteiger partial charge on any atom is 0.408 e. The van der Waals surface area contributed by atoms with E-state index in [-0.39, 0.29) is 4.47 Å². The van der Waals surface area contributed by atoms with Gasteiger partial charge in [-0.05, 0) is 28.3 Å². The molecule has 0 unspecified atom stereocenters. The molecule has 0 atom stereocenters. The molecule has 112 valence electrons. The van der Waals surface area contributed by atoms with E-state index in [1.54, 1.807) is 0 Å². The lowest BCUT2D eigenvalue weighted by Gasteiger charge is -2.25. The van der Waals surface area contributed by atoms with Crippen molar-refractivity contribution in [3.8, 4) is 0 Å². The Morgan fingerprint density at radius 2 is 2.15 bits per heavy atom. The van der Waals surface area contributed by atoms with Gasteiger partial charge >= 0.3 is 6.18 Å². The van der Waals surface area contributed by atoms with E-state index < -0.39 is 18.3 Å². The van der Waals surface area contributed by atoms with Crippen molar-refractivity contribution in [2.45, 2.75) is 38.4 Å². The zero-order valence-electron chi connectivity index (χ0n) is 10.7. The van der Waals surface area contributed by atoms with Crippen LogP contribution in [-0.2, 0) is 6.54 Å². The summed E-state index contributed by atoms with van der Waals surface area (Å²) in [5.41, 5.74) is -0.344. The van der Waals surface area contributed by atoms with E-state index in [1.165, 1.54) is 25.5 Å². The molecule has 0 radical (unpaired) electrons.